The van der Waals surface area contributed by atoms with Gasteiger partial charge in [-0.25, -0.2) is 4.98 Å². The van der Waals surface area contributed by atoms with Crippen LogP contribution in [0, 0.1) is 0 Å². The summed E-state index contributed by atoms with van der Waals surface area (Å²) in [7, 11) is 0. The van der Waals surface area contributed by atoms with Gasteiger partial charge in [-0.2, -0.15) is 4.98 Å². The fourth-order valence-electron chi connectivity index (χ4n) is 1.60. The molecule has 0 aromatic carbocycles. The number of aromatic nitrogens is 2. The Morgan fingerprint density at radius 3 is 3.17 bits per heavy atom. The predicted octanol–water partition coefficient (Wildman–Crippen LogP) is 0.631. The second kappa shape index (κ2) is 6.51. The minimum absolute atomic E-state index is 0.0528. The van der Waals surface area contributed by atoms with Crippen molar-refractivity contribution in [2.24, 2.45) is 0 Å². The number of hydrogen-bond donors (Lipinski definition) is 1. The van der Waals surface area contributed by atoms with Gasteiger partial charge in [0, 0.05) is 25.4 Å². The lowest BCUT2D eigenvalue weighted by atomic mass is 10.3. The Hall–Kier alpha value is -1.40. The molecule has 1 aromatic heterocycles. The highest BCUT2D eigenvalue weighted by molar-refractivity contribution is 5.11. The largest absolute Gasteiger partial charge is 0.475 e. The van der Waals surface area contributed by atoms with Gasteiger partial charge < -0.3 is 19.5 Å². The molecule has 1 aliphatic rings. The molecule has 2 rings (SSSR count). The van der Waals surface area contributed by atoms with Crippen LogP contribution in [0.2, 0.25) is 0 Å². The molecule has 0 aliphatic carbocycles. The molecule has 1 unspecified atom stereocenters. The van der Waals surface area contributed by atoms with Gasteiger partial charge in [0.05, 0.1) is 12.7 Å². The van der Waals surface area contributed by atoms with Gasteiger partial charge >= 0.3 is 6.01 Å². The second-order valence-corrected chi connectivity index (χ2v) is 4.35. The molecule has 100 valence electrons. The normalized spacial score (nSPS) is 19.8. The first-order valence-electron chi connectivity index (χ1n) is 6.19. The van der Waals surface area contributed by atoms with Crippen molar-refractivity contribution in [1.29, 1.82) is 0 Å². The fourth-order valence-corrected chi connectivity index (χ4v) is 1.60. The maximum atomic E-state index is 5.52. The van der Waals surface area contributed by atoms with Crippen LogP contribution in [-0.4, -0.2) is 48.5 Å². The van der Waals surface area contributed by atoms with Crippen LogP contribution in [0.4, 0.5) is 0 Å². The molecule has 2 heterocycles. The molecule has 0 bridgehead atoms. The summed E-state index contributed by atoms with van der Waals surface area (Å²) in [6.45, 7) is 6.74. The summed E-state index contributed by atoms with van der Waals surface area (Å²) in [6, 6.07) is 2.04. The molecule has 6 nitrogen and oxygen atoms in total. The first-order chi connectivity index (χ1) is 8.74. The summed E-state index contributed by atoms with van der Waals surface area (Å²) in [4.78, 5) is 8.21. The molecule has 0 radical (unpaired) electrons. The van der Waals surface area contributed by atoms with E-state index in [2.05, 4.69) is 15.3 Å². The van der Waals surface area contributed by atoms with E-state index in [4.69, 9.17) is 14.2 Å². The highest BCUT2D eigenvalue weighted by atomic mass is 16.5. The Kier molecular flexibility index (Phi) is 4.72. The Bertz CT molecular complexity index is 367. The maximum absolute atomic E-state index is 5.52. The SMILES string of the molecule is CC(C)Oc1ccnc(OCC2CNCCO2)n1. The van der Waals surface area contributed by atoms with Crippen molar-refractivity contribution in [3.8, 4) is 11.9 Å². The lowest BCUT2D eigenvalue weighted by Crippen LogP contribution is -2.41. The molecule has 1 aromatic rings. The number of nitrogens with one attached hydrogen (secondary N) is 1. The van der Waals surface area contributed by atoms with E-state index in [1.807, 2.05) is 13.8 Å². The molecule has 1 aliphatic heterocycles. The van der Waals surface area contributed by atoms with Gasteiger partial charge in [0.25, 0.3) is 0 Å². The molecular weight excluding hydrogens is 234 g/mol. The molecule has 0 saturated carbocycles. The van der Waals surface area contributed by atoms with E-state index in [-0.39, 0.29) is 12.2 Å². The average molecular weight is 253 g/mol. The van der Waals surface area contributed by atoms with Gasteiger partial charge in [-0.05, 0) is 13.8 Å². The fraction of sp³-hybridized carbons (Fsp3) is 0.667. The van der Waals surface area contributed by atoms with Crippen LogP contribution >= 0.6 is 0 Å². The van der Waals surface area contributed by atoms with Crippen molar-refractivity contribution in [2.75, 3.05) is 26.3 Å². The van der Waals surface area contributed by atoms with E-state index in [9.17, 15) is 0 Å². The third-order valence-electron chi connectivity index (χ3n) is 2.37. The van der Waals surface area contributed by atoms with Gasteiger partial charge in [-0.15, -0.1) is 0 Å². The number of ether oxygens (including phenoxy) is 3. The number of rotatable bonds is 5. The highest BCUT2D eigenvalue weighted by Crippen LogP contribution is 2.12. The zero-order chi connectivity index (χ0) is 12.8. The van der Waals surface area contributed by atoms with Gasteiger partial charge in [-0.3, -0.25) is 0 Å². The van der Waals surface area contributed by atoms with E-state index in [0.717, 1.165) is 13.1 Å². The number of morpholine rings is 1. The van der Waals surface area contributed by atoms with E-state index in [1.165, 1.54) is 0 Å². The van der Waals surface area contributed by atoms with Crippen molar-refractivity contribution >= 4 is 0 Å². The Morgan fingerprint density at radius 2 is 2.44 bits per heavy atom. The van der Waals surface area contributed by atoms with E-state index < -0.39 is 0 Å². The zero-order valence-corrected chi connectivity index (χ0v) is 10.8. The van der Waals surface area contributed by atoms with Crippen LogP contribution in [-0.2, 0) is 4.74 Å². The lowest BCUT2D eigenvalue weighted by molar-refractivity contribution is -0.00197. The second-order valence-electron chi connectivity index (χ2n) is 4.35. The van der Waals surface area contributed by atoms with Gasteiger partial charge in [0.15, 0.2) is 0 Å². The summed E-state index contributed by atoms with van der Waals surface area (Å²) in [6.07, 6.45) is 1.76. The quantitative estimate of drug-likeness (QED) is 0.830. The third-order valence-corrected chi connectivity index (χ3v) is 2.37. The van der Waals surface area contributed by atoms with E-state index in [0.29, 0.717) is 25.1 Å². The van der Waals surface area contributed by atoms with Crippen molar-refractivity contribution in [2.45, 2.75) is 26.1 Å². The van der Waals surface area contributed by atoms with Gasteiger partial charge in [0.2, 0.25) is 5.88 Å². The molecular formula is C12H19N3O3. The smallest absolute Gasteiger partial charge is 0.319 e. The molecule has 1 N–H and O–H groups in total. The van der Waals surface area contributed by atoms with Crippen LogP contribution in [0.3, 0.4) is 0 Å². The Morgan fingerprint density at radius 1 is 1.56 bits per heavy atom. The summed E-state index contributed by atoms with van der Waals surface area (Å²) < 4.78 is 16.5. The first-order valence-corrected chi connectivity index (χ1v) is 6.19. The summed E-state index contributed by atoms with van der Waals surface area (Å²) in [5, 5.41) is 3.24. The molecule has 1 saturated heterocycles. The van der Waals surface area contributed by atoms with Crippen molar-refractivity contribution in [1.82, 2.24) is 15.3 Å². The van der Waals surface area contributed by atoms with Crippen LogP contribution in [0.1, 0.15) is 13.8 Å². The molecule has 0 spiro atoms. The lowest BCUT2D eigenvalue weighted by Gasteiger charge is -2.23. The number of hydrogen-bond acceptors (Lipinski definition) is 6. The highest BCUT2D eigenvalue weighted by Gasteiger charge is 2.14. The summed E-state index contributed by atoms with van der Waals surface area (Å²) in [5.74, 6) is 0.526. The topological polar surface area (TPSA) is 65.5 Å². The molecule has 1 fully saturated rings. The maximum Gasteiger partial charge on any atom is 0.319 e. The molecule has 6 heteroatoms. The monoisotopic (exact) mass is 253 g/mol. The average Bonchev–Trinajstić information content (AvgIpc) is 2.37. The minimum Gasteiger partial charge on any atom is -0.475 e. The first kappa shape index (κ1) is 13.0. The standard InChI is InChI=1S/C12H19N3O3/c1-9(2)18-11-3-4-14-12(15-11)17-8-10-7-13-5-6-16-10/h3-4,9-10,13H,5-8H2,1-2H3. The minimum atomic E-state index is 0.0528. The van der Waals surface area contributed by atoms with E-state index in [1.54, 1.807) is 12.3 Å². The molecule has 18 heavy (non-hydrogen) atoms. The van der Waals surface area contributed by atoms with Crippen molar-refractivity contribution in [3.63, 3.8) is 0 Å². The van der Waals surface area contributed by atoms with Crippen molar-refractivity contribution < 1.29 is 14.2 Å². The zero-order valence-electron chi connectivity index (χ0n) is 10.8. The number of nitrogens with zero attached hydrogens (tertiary/aromatic N) is 2. The Balaban J connectivity index is 1.84. The van der Waals surface area contributed by atoms with Gasteiger partial charge in [0.1, 0.15) is 12.7 Å². The van der Waals surface area contributed by atoms with E-state index >= 15 is 0 Å². The summed E-state index contributed by atoms with van der Waals surface area (Å²) in [5.41, 5.74) is 0. The van der Waals surface area contributed by atoms with Crippen LogP contribution in [0.15, 0.2) is 12.3 Å². The van der Waals surface area contributed by atoms with Crippen LogP contribution in [0.25, 0.3) is 0 Å². The third kappa shape index (κ3) is 4.12. The molecule has 1 atom stereocenters. The summed E-state index contributed by atoms with van der Waals surface area (Å²) >= 11 is 0. The predicted molar refractivity (Wildman–Crippen MR) is 65.9 cm³/mol. The van der Waals surface area contributed by atoms with Crippen LogP contribution < -0.4 is 14.8 Å². The van der Waals surface area contributed by atoms with Gasteiger partial charge in [-0.1, -0.05) is 0 Å². The van der Waals surface area contributed by atoms with Crippen LogP contribution in [0.5, 0.6) is 11.9 Å². The Labute approximate surface area is 107 Å². The molecule has 0 amide bonds. The van der Waals surface area contributed by atoms with Crippen molar-refractivity contribution in [3.05, 3.63) is 12.3 Å².